The molecule has 0 bridgehead atoms. The van der Waals surface area contributed by atoms with E-state index in [9.17, 15) is 13.2 Å². The van der Waals surface area contributed by atoms with Crippen LogP contribution < -0.4 is 9.46 Å². The van der Waals surface area contributed by atoms with Gasteiger partial charge in [0.1, 0.15) is 5.75 Å². The fourth-order valence-electron chi connectivity index (χ4n) is 2.08. The van der Waals surface area contributed by atoms with E-state index in [2.05, 4.69) is 4.72 Å². The van der Waals surface area contributed by atoms with Crippen LogP contribution in [-0.4, -0.2) is 21.3 Å². The maximum absolute atomic E-state index is 12.5. The van der Waals surface area contributed by atoms with Crippen LogP contribution in [0, 0.1) is 6.92 Å². The number of Topliss-reactive ketones (excluding diaryl/α,β-unsaturated/α-hetero) is 1. The Morgan fingerprint density at radius 3 is 2.35 bits per heavy atom. The molecule has 0 aliphatic carbocycles. The summed E-state index contributed by atoms with van der Waals surface area (Å²) in [6.45, 7) is 3.60. The molecule has 0 spiro atoms. The third-order valence-electron chi connectivity index (χ3n) is 3.42. The van der Waals surface area contributed by atoms with Crippen molar-refractivity contribution in [2.45, 2.75) is 25.2 Å². The van der Waals surface area contributed by atoms with E-state index in [-0.39, 0.29) is 22.8 Å². The van der Waals surface area contributed by atoms with Crippen LogP contribution in [0.1, 0.15) is 29.3 Å². The quantitative estimate of drug-likeness (QED) is 0.822. The van der Waals surface area contributed by atoms with Crippen molar-refractivity contribution in [3.63, 3.8) is 0 Å². The molecule has 2 aromatic carbocycles. The standard InChI is InChI=1S/C17H19NO4S/c1-4-17(19)15-11-13(22-3)7-10-16(15)18-23(20,21)14-8-5-12(2)6-9-14/h5-11,18H,4H2,1-3H3. The van der Waals surface area contributed by atoms with Gasteiger partial charge in [0.05, 0.1) is 17.7 Å². The molecule has 0 fully saturated rings. The normalized spacial score (nSPS) is 11.1. The molecule has 2 rings (SSSR count). The van der Waals surface area contributed by atoms with Gasteiger partial charge in [-0.1, -0.05) is 24.6 Å². The van der Waals surface area contributed by atoms with E-state index in [4.69, 9.17) is 4.74 Å². The molecule has 0 aliphatic heterocycles. The van der Waals surface area contributed by atoms with Gasteiger partial charge in [-0.25, -0.2) is 8.42 Å². The number of ketones is 1. The lowest BCUT2D eigenvalue weighted by atomic mass is 10.1. The number of hydrogen-bond acceptors (Lipinski definition) is 4. The third-order valence-corrected chi connectivity index (χ3v) is 4.81. The van der Waals surface area contributed by atoms with Crippen molar-refractivity contribution in [3.05, 3.63) is 53.6 Å². The maximum Gasteiger partial charge on any atom is 0.261 e. The van der Waals surface area contributed by atoms with E-state index in [1.165, 1.54) is 25.3 Å². The molecule has 0 saturated carbocycles. The second kappa shape index (κ2) is 6.83. The number of sulfonamides is 1. The highest BCUT2D eigenvalue weighted by Crippen LogP contribution is 2.26. The number of rotatable bonds is 6. The van der Waals surface area contributed by atoms with Crippen LogP contribution in [0.15, 0.2) is 47.4 Å². The zero-order valence-corrected chi connectivity index (χ0v) is 14.1. The SMILES string of the molecule is CCC(=O)c1cc(OC)ccc1NS(=O)(=O)c1ccc(C)cc1. The first-order chi connectivity index (χ1) is 10.9. The Bertz CT molecular complexity index is 811. The van der Waals surface area contributed by atoms with Gasteiger partial charge >= 0.3 is 0 Å². The summed E-state index contributed by atoms with van der Waals surface area (Å²) in [5.41, 5.74) is 1.51. The van der Waals surface area contributed by atoms with Gasteiger partial charge in [0.2, 0.25) is 0 Å². The molecule has 0 amide bonds. The first-order valence-corrected chi connectivity index (χ1v) is 8.66. The monoisotopic (exact) mass is 333 g/mol. The summed E-state index contributed by atoms with van der Waals surface area (Å²) in [5.74, 6) is 0.339. The number of hydrogen-bond donors (Lipinski definition) is 1. The number of aryl methyl sites for hydroxylation is 1. The van der Waals surface area contributed by atoms with Crippen LogP contribution in [0.2, 0.25) is 0 Å². The van der Waals surface area contributed by atoms with Crippen molar-refractivity contribution < 1.29 is 17.9 Å². The molecule has 122 valence electrons. The summed E-state index contributed by atoms with van der Waals surface area (Å²) in [5, 5.41) is 0. The number of anilines is 1. The Morgan fingerprint density at radius 1 is 1.13 bits per heavy atom. The van der Waals surface area contributed by atoms with Gasteiger partial charge in [-0.05, 0) is 37.3 Å². The molecular formula is C17H19NO4S. The Hall–Kier alpha value is -2.34. The van der Waals surface area contributed by atoms with Crippen molar-refractivity contribution in [2.75, 3.05) is 11.8 Å². The molecule has 2 aromatic rings. The van der Waals surface area contributed by atoms with Crippen LogP contribution in [-0.2, 0) is 10.0 Å². The van der Waals surface area contributed by atoms with E-state index in [1.807, 2.05) is 6.92 Å². The Morgan fingerprint density at radius 2 is 1.78 bits per heavy atom. The van der Waals surface area contributed by atoms with E-state index in [0.717, 1.165) is 5.56 Å². The second-order valence-corrected chi connectivity index (χ2v) is 6.79. The topological polar surface area (TPSA) is 72.5 Å². The first-order valence-electron chi connectivity index (χ1n) is 7.18. The van der Waals surface area contributed by atoms with Crippen molar-refractivity contribution in [2.24, 2.45) is 0 Å². The lowest BCUT2D eigenvalue weighted by Crippen LogP contribution is -2.15. The van der Waals surface area contributed by atoms with Crippen molar-refractivity contribution in [1.82, 2.24) is 0 Å². The summed E-state index contributed by atoms with van der Waals surface area (Å²) in [6.07, 6.45) is 0.270. The molecule has 0 saturated heterocycles. The van der Waals surface area contributed by atoms with Crippen LogP contribution >= 0.6 is 0 Å². The molecule has 0 atom stereocenters. The zero-order valence-electron chi connectivity index (χ0n) is 13.3. The molecule has 0 heterocycles. The zero-order chi connectivity index (χ0) is 17.0. The van der Waals surface area contributed by atoms with E-state index in [1.54, 1.807) is 31.2 Å². The van der Waals surface area contributed by atoms with Crippen molar-refractivity contribution in [3.8, 4) is 5.75 Å². The Balaban J connectivity index is 2.42. The van der Waals surface area contributed by atoms with Gasteiger partial charge in [-0.3, -0.25) is 9.52 Å². The van der Waals surface area contributed by atoms with E-state index < -0.39 is 10.0 Å². The predicted octanol–water partition coefficient (Wildman–Crippen LogP) is 3.40. The molecule has 0 aliphatic rings. The molecule has 0 aromatic heterocycles. The van der Waals surface area contributed by atoms with E-state index >= 15 is 0 Å². The molecular weight excluding hydrogens is 314 g/mol. The van der Waals surface area contributed by atoms with Crippen LogP contribution in [0.3, 0.4) is 0 Å². The average Bonchev–Trinajstić information content (AvgIpc) is 2.54. The van der Waals surface area contributed by atoms with Gasteiger partial charge in [0.15, 0.2) is 5.78 Å². The minimum absolute atomic E-state index is 0.147. The molecule has 1 N–H and O–H groups in total. The fraction of sp³-hybridized carbons (Fsp3) is 0.235. The lowest BCUT2D eigenvalue weighted by molar-refractivity contribution is 0.0988. The smallest absolute Gasteiger partial charge is 0.261 e. The highest BCUT2D eigenvalue weighted by molar-refractivity contribution is 7.92. The fourth-order valence-corrected chi connectivity index (χ4v) is 3.16. The van der Waals surface area contributed by atoms with Crippen LogP contribution in [0.25, 0.3) is 0 Å². The number of nitrogens with one attached hydrogen (secondary N) is 1. The van der Waals surface area contributed by atoms with Gasteiger partial charge in [0, 0.05) is 12.0 Å². The highest BCUT2D eigenvalue weighted by Gasteiger charge is 2.18. The average molecular weight is 333 g/mol. The van der Waals surface area contributed by atoms with Gasteiger partial charge < -0.3 is 4.74 Å². The van der Waals surface area contributed by atoms with Crippen LogP contribution in [0.5, 0.6) is 5.75 Å². The number of ether oxygens (including phenoxy) is 1. The van der Waals surface area contributed by atoms with Crippen molar-refractivity contribution in [1.29, 1.82) is 0 Å². The largest absolute Gasteiger partial charge is 0.497 e. The summed E-state index contributed by atoms with van der Waals surface area (Å²) in [6, 6.07) is 11.2. The molecule has 0 unspecified atom stereocenters. The van der Waals surface area contributed by atoms with Crippen molar-refractivity contribution >= 4 is 21.5 Å². The maximum atomic E-state index is 12.5. The summed E-state index contributed by atoms with van der Waals surface area (Å²) in [4.78, 5) is 12.2. The minimum atomic E-state index is -3.76. The molecule has 6 heteroatoms. The Kier molecular flexibility index (Phi) is 5.05. The molecule has 23 heavy (non-hydrogen) atoms. The summed E-state index contributed by atoms with van der Waals surface area (Å²) < 4.78 is 32.5. The van der Waals surface area contributed by atoms with E-state index in [0.29, 0.717) is 11.3 Å². The second-order valence-electron chi connectivity index (χ2n) is 5.11. The van der Waals surface area contributed by atoms with Gasteiger partial charge in [-0.15, -0.1) is 0 Å². The predicted molar refractivity (Wildman–Crippen MR) is 89.6 cm³/mol. The summed E-state index contributed by atoms with van der Waals surface area (Å²) in [7, 11) is -2.27. The molecule has 0 radical (unpaired) electrons. The van der Waals surface area contributed by atoms with Gasteiger partial charge in [0.25, 0.3) is 10.0 Å². The minimum Gasteiger partial charge on any atom is -0.497 e. The van der Waals surface area contributed by atoms with Gasteiger partial charge in [-0.2, -0.15) is 0 Å². The van der Waals surface area contributed by atoms with Crippen LogP contribution in [0.4, 0.5) is 5.69 Å². The molecule has 5 nitrogen and oxygen atoms in total. The number of benzene rings is 2. The first kappa shape index (κ1) is 17.0. The third kappa shape index (κ3) is 3.90. The Labute approximate surface area is 136 Å². The lowest BCUT2D eigenvalue weighted by Gasteiger charge is -2.13. The number of carbonyl (C=O) groups excluding carboxylic acids is 1. The summed E-state index contributed by atoms with van der Waals surface area (Å²) >= 11 is 0. The number of methoxy groups -OCH3 is 1. The number of carbonyl (C=O) groups is 1. The highest BCUT2D eigenvalue weighted by atomic mass is 32.2.